The summed E-state index contributed by atoms with van der Waals surface area (Å²) in [7, 11) is 0. The molecule has 1 N–H and O–H groups in total. The monoisotopic (exact) mass is 282 g/mol. The Kier molecular flexibility index (Phi) is 5.19. The summed E-state index contributed by atoms with van der Waals surface area (Å²) in [6.07, 6.45) is 2.20. The summed E-state index contributed by atoms with van der Waals surface area (Å²) >= 11 is 0. The molecule has 1 heteroatoms. The Morgan fingerprint density at radius 1 is 0.857 bits per heavy atom. The molecule has 2 aromatic rings. The van der Waals surface area contributed by atoms with Gasteiger partial charge in [0.25, 0.3) is 0 Å². The lowest BCUT2D eigenvalue weighted by Crippen LogP contribution is -2.13. The van der Waals surface area contributed by atoms with E-state index in [1.54, 1.807) is 0 Å². The predicted octanol–water partition coefficient (Wildman–Crippen LogP) is 4.52. The Hall–Kier alpha value is -1.60. The van der Waals surface area contributed by atoms with E-state index >= 15 is 0 Å². The first kappa shape index (κ1) is 15.8. The molecule has 0 heterocycles. The maximum atomic E-state index is 10.2. The first-order valence-electron chi connectivity index (χ1n) is 7.76. The van der Waals surface area contributed by atoms with Crippen molar-refractivity contribution in [1.29, 1.82) is 0 Å². The lowest BCUT2D eigenvalue weighted by atomic mass is 9.86. The summed E-state index contributed by atoms with van der Waals surface area (Å²) in [6, 6.07) is 19.0. The van der Waals surface area contributed by atoms with Gasteiger partial charge in [0, 0.05) is 0 Å². The van der Waals surface area contributed by atoms with E-state index in [0.717, 1.165) is 19.3 Å². The fraction of sp³-hybridized carbons (Fsp3) is 0.400. The highest BCUT2D eigenvalue weighted by Gasteiger charge is 2.13. The minimum Gasteiger partial charge on any atom is -0.393 e. The van der Waals surface area contributed by atoms with Gasteiger partial charge in [0.05, 0.1) is 6.10 Å². The van der Waals surface area contributed by atoms with Gasteiger partial charge < -0.3 is 5.11 Å². The van der Waals surface area contributed by atoms with Crippen LogP contribution >= 0.6 is 0 Å². The molecule has 2 aromatic carbocycles. The molecule has 0 aliphatic rings. The van der Waals surface area contributed by atoms with Crippen LogP contribution in [0.3, 0.4) is 0 Å². The van der Waals surface area contributed by atoms with Crippen LogP contribution in [-0.4, -0.2) is 11.2 Å². The molecule has 0 aliphatic heterocycles. The van der Waals surface area contributed by atoms with Gasteiger partial charge in [-0.15, -0.1) is 0 Å². The third-order valence-corrected chi connectivity index (χ3v) is 3.90. The van der Waals surface area contributed by atoms with Gasteiger partial charge in [-0.1, -0.05) is 75.4 Å². The molecule has 0 aromatic heterocycles. The van der Waals surface area contributed by atoms with Crippen molar-refractivity contribution in [2.75, 3.05) is 0 Å². The van der Waals surface area contributed by atoms with Crippen molar-refractivity contribution in [3.05, 3.63) is 71.3 Å². The topological polar surface area (TPSA) is 20.2 Å². The largest absolute Gasteiger partial charge is 0.393 e. The maximum absolute atomic E-state index is 10.2. The Balaban J connectivity index is 1.86. The summed E-state index contributed by atoms with van der Waals surface area (Å²) in [4.78, 5) is 0. The predicted molar refractivity (Wildman–Crippen MR) is 89.6 cm³/mol. The fourth-order valence-electron chi connectivity index (χ4n) is 2.49. The third kappa shape index (κ3) is 5.02. The van der Waals surface area contributed by atoms with Gasteiger partial charge in [0.1, 0.15) is 0 Å². The zero-order valence-corrected chi connectivity index (χ0v) is 13.3. The standard InChI is InChI=1S/C20H26O/c1-20(2,3)18-12-9-17(10-13-18)15-19(21)14-11-16-7-5-4-6-8-16/h4-10,12-13,19,21H,11,14-15H2,1-3H3. The molecule has 0 saturated heterocycles. The Morgan fingerprint density at radius 3 is 2.05 bits per heavy atom. The fourth-order valence-corrected chi connectivity index (χ4v) is 2.49. The van der Waals surface area contributed by atoms with E-state index in [-0.39, 0.29) is 11.5 Å². The van der Waals surface area contributed by atoms with E-state index in [4.69, 9.17) is 0 Å². The van der Waals surface area contributed by atoms with Crippen molar-refractivity contribution in [3.8, 4) is 0 Å². The second kappa shape index (κ2) is 6.91. The van der Waals surface area contributed by atoms with Gasteiger partial charge >= 0.3 is 0 Å². The summed E-state index contributed by atoms with van der Waals surface area (Å²) < 4.78 is 0. The Bertz CT molecular complexity index is 534. The van der Waals surface area contributed by atoms with Crippen LogP contribution in [0.1, 0.15) is 43.9 Å². The molecular formula is C20H26O. The maximum Gasteiger partial charge on any atom is 0.0583 e. The highest BCUT2D eigenvalue weighted by Crippen LogP contribution is 2.22. The van der Waals surface area contributed by atoms with Crippen LogP contribution in [0.25, 0.3) is 0 Å². The number of hydrogen-bond acceptors (Lipinski definition) is 1. The summed E-state index contributed by atoms with van der Waals surface area (Å²) in [6.45, 7) is 6.66. The molecule has 21 heavy (non-hydrogen) atoms. The minimum atomic E-state index is -0.273. The lowest BCUT2D eigenvalue weighted by Gasteiger charge is -2.19. The zero-order valence-electron chi connectivity index (χ0n) is 13.3. The van der Waals surface area contributed by atoms with Crippen LogP contribution in [0.15, 0.2) is 54.6 Å². The number of hydrogen-bond donors (Lipinski definition) is 1. The second-order valence-electron chi connectivity index (χ2n) is 6.83. The van der Waals surface area contributed by atoms with Gasteiger partial charge in [-0.05, 0) is 41.4 Å². The van der Waals surface area contributed by atoms with Crippen molar-refractivity contribution in [2.24, 2.45) is 0 Å². The number of aliphatic hydroxyl groups is 1. The Morgan fingerprint density at radius 2 is 1.48 bits per heavy atom. The number of aryl methyl sites for hydroxylation is 1. The number of aliphatic hydroxyl groups excluding tert-OH is 1. The molecule has 2 rings (SSSR count). The first-order valence-corrected chi connectivity index (χ1v) is 7.76. The molecular weight excluding hydrogens is 256 g/mol. The summed E-state index contributed by atoms with van der Waals surface area (Å²) in [5, 5.41) is 10.2. The average Bonchev–Trinajstić information content (AvgIpc) is 2.46. The smallest absolute Gasteiger partial charge is 0.0583 e. The number of benzene rings is 2. The van der Waals surface area contributed by atoms with Crippen molar-refractivity contribution in [1.82, 2.24) is 0 Å². The summed E-state index contributed by atoms with van der Waals surface area (Å²) in [5.74, 6) is 0. The van der Waals surface area contributed by atoms with E-state index in [1.165, 1.54) is 16.7 Å². The second-order valence-corrected chi connectivity index (χ2v) is 6.83. The van der Waals surface area contributed by atoms with Gasteiger partial charge in [0.15, 0.2) is 0 Å². The van der Waals surface area contributed by atoms with Gasteiger partial charge in [-0.2, -0.15) is 0 Å². The Labute approximate surface area is 128 Å². The van der Waals surface area contributed by atoms with E-state index < -0.39 is 0 Å². The van der Waals surface area contributed by atoms with Crippen LogP contribution in [0.2, 0.25) is 0 Å². The molecule has 1 nitrogen and oxygen atoms in total. The van der Waals surface area contributed by atoms with Crippen molar-refractivity contribution in [2.45, 2.75) is 51.6 Å². The molecule has 0 saturated carbocycles. The van der Waals surface area contributed by atoms with Crippen LogP contribution in [-0.2, 0) is 18.3 Å². The van der Waals surface area contributed by atoms with Crippen LogP contribution < -0.4 is 0 Å². The molecule has 0 radical (unpaired) electrons. The van der Waals surface area contributed by atoms with Gasteiger partial charge in [-0.3, -0.25) is 0 Å². The van der Waals surface area contributed by atoms with Crippen molar-refractivity contribution in [3.63, 3.8) is 0 Å². The van der Waals surface area contributed by atoms with E-state index in [2.05, 4.69) is 57.2 Å². The highest BCUT2D eigenvalue weighted by molar-refractivity contribution is 5.27. The quantitative estimate of drug-likeness (QED) is 0.855. The van der Waals surface area contributed by atoms with Crippen molar-refractivity contribution >= 4 is 0 Å². The zero-order chi connectivity index (χ0) is 15.3. The van der Waals surface area contributed by atoms with Gasteiger partial charge in [0.2, 0.25) is 0 Å². The van der Waals surface area contributed by atoms with Crippen LogP contribution in [0, 0.1) is 0 Å². The summed E-state index contributed by atoms with van der Waals surface area (Å²) in [5.41, 5.74) is 4.03. The van der Waals surface area contributed by atoms with Gasteiger partial charge in [-0.25, -0.2) is 0 Å². The third-order valence-electron chi connectivity index (χ3n) is 3.90. The number of rotatable bonds is 5. The molecule has 0 fully saturated rings. The minimum absolute atomic E-state index is 0.185. The molecule has 0 bridgehead atoms. The van der Waals surface area contributed by atoms with Crippen LogP contribution in [0.5, 0.6) is 0 Å². The normalized spacial score (nSPS) is 13.1. The SMILES string of the molecule is CC(C)(C)c1ccc(CC(O)CCc2ccccc2)cc1. The molecule has 1 atom stereocenters. The molecule has 0 amide bonds. The average molecular weight is 282 g/mol. The van der Waals surface area contributed by atoms with E-state index in [1.807, 2.05) is 18.2 Å². The lowest BCUT2D eigenvalue weighted by molar-refractivity contribution is 0.165. The first-order chi connectivity index (χ1) is 9.95. The highest BCUT2D eigenvalue weighted by atomic mass is 16.3. The van der Waals surface area contributed by atoms with E-state index in [0.29, 0.717) is 0 Å². The van der Waals surface area contributed by atoms with Crippen molar-refractivity contribution < 1.29 is 5.11 Å². The molecule has 112 valence electrons. The van der Waals surface area contributed by atoms with Crippen LogP contribution in [0.4, 0.5) is 0 Å². The van der Waals surface area contributed by atoms with E-state index in [9.17, 15) is 5.11 Å². The molecule has 0 spiro atoms. The molecule has 1 unspecified atom stereocenters. The molecule has 0 aliphatic carbocycles.